The summed E-state index contributed by atoms with van der Waals surface area (Å²) in [6, 6.07) is 6.76. The Kier molecular flexibility index (Phi) is 6.35. The second kappa shape index (κ2) is 8.76. The molecule has 1 spiro atoms. The van der Waals surface area contributed by atoms with Crippen LogP contribution in [0.2, 0.25) is 0 Å². The first-order valence-electron chi connectivity index (χ1n) is 11.6. The minimum atomic E-state index is -3.56. The van der Waals surface area contributed by atoms with Crippen LogP contribution in [0.25, 0.3) is 0 Å². The monoisotopic (exact) mass is 462 g/mol. The van der Waals surface area contributed by atoms with Crippen LogP contribution in [0, 0.1) is 5.92 Å². The van der Waals surface area contributed by atoms with Gasteiger partial charge in [-0.1, -0.05) is 32.9 Å². The van der Waals surface area contributed by atoms with Gasteiger partial charge in [-0.05, 0) is 55.2 Å². The Morgan fingerprint density at radius 1 is 1.03 bits per heavy atom. The summed E-state index contributed by atoms with van der Waals surface area (Å²) in [4.78, 5) is 29.2. The number of urea groups is 1. The van der Waals surface area contributed by atoms with Crippen molar-refractivity contribution in [2.45, 2.75) is 62.8 Å². The summed E-state index contributed by atoms with van der Waals surface area (Å²) in [5.41, 5.74) is 0.365. The van der Waals surface area contributed by atoms with E-state index in [1.165, 1.54) is 9.21 Å². The third-order valence-electron chi connectivity index (χ3n) is 7.23. The molecule has 2 aliphatic heterocycles. The van der Waals surface area contributed by atoms with Gasteiger partial charge >= 0.3 is 6.03 Å². The SMILES string of the molecule is CC1CCC2(CC1)NC(=O)N(CN1CCN(S(=O)(=O)c3ccc(C(C)C)cc3)CC1)C2=O. The molecular weight excluding hydrogens is 428 g/mol. The minimum absolute atomic E-state index is 0.130. The molecule has 8 nitrogen and oxygen atoms in total. The van der Waals surface area contributed by atoms with Gasteiger partial charge in [-0.3, -0.25) is 9.69 Å². The van der Waals surface area contributed by atoms with Gasteiger partial charge in [-0.2, -0.15) is 4.31 Å². The van der Waals surface area contributed by atoms with E-state index in [0.29, 0.717) is 55.8 Å². The lowest BCUT2D eigenvalue weighted by molar-refractivity contribution is -0.134. The number of carbonyl (C=O) groups excluding carboxylic acids is 2. The minimum Gasteiger partial charge on any atom is -0.323 e. The zero-order valence-corrected chi connectivity index (χ0v) is 20.0. The molecule has 0 aromatic heterocycles. The van der Waals surface area contributed by atoms with E-state index in [-0.39, 0.29) is 18.6 Å². The second-order valence-electron chi connectivity index (χ2n) is 9.82. The van der Waals surface area contributed by atoms with E-state index in [4.69, 9.17) is 0 Å². The molecule has 1 N–H and O–H groups in total. The number of hydrogen-bond donors (Lipinski definition) is 1. The number of sulfonamides is 1. The lowest BCUT2D eigenvalue weighted by Crippen LogP contribution is -2.53. The molecule has 3 fully saturated rings. The predicted octanol–water partition coefficient (Wildman–Crippen LogP) is 2.57. The van der Waals surface area contributed by atoms with Crippen LogP contribution in [0.1, 0.15) is 57.9 Å². The van der Waals surface area contributed by atoms with Crippen molar-refractivity contribution in [1.82, 2.24) is 19.4 Å². The molecule has 3 amide bonds. The molecular formula is C23H34N4O4S. The molecule has 9 heteroatoms. The van der Waals surface area contributed by atoms with E-state index >= 15 is 0 Å². The topological polar surface area (TPSA) is 90.0 Å². The van der Waals surface area contributed by atoms with E-state index in [2.05, 4.69) is 26.1 Å². The van der Waals surface area contributed by atoms with Crippen LogP contribution >= 0.6 is 0 Å². The quantitative estimate of drug-likeness (QED) is 0.680. The van der Waals surface area contributed by atoms with E-state index in [9.17, 15) is 18.0 Å². The highest BCUT2D eigenvalue weighted by Gasteiger charge is 2.52. The third kappa shape index (κ3) is 4.30. The zero-order valence-electron chi connectivity index (χ0n) is 19.2. The Morgan fingerprint density at radius 3 is 2.19 bits per heavy atom. The second-order valence-corrected chi connectivity index (χ2v) is 11.8. The maximum atomic E-state index is 13.1. The molecule has 0 atom stereocenters. The van der Waals surface area contributed by atoms with E-state index < -0.39 is 15.6 Å². The summed E-state index contributed by atoms with van der Waals surface area (Å²) >= 11 is 0. The van der Waals surface area contributed by atoms with Crippen molar-refractivity contribution in [3.8, 4) is 0 Å². The number of carbonyl (C=O) groups is 2. The van der Waals surface area contributed by atoms with E-state index in [1.54, 1.807) is 12.1 Å². The highest BCUT2D eigenvalue weighted by Crippen LogP contribution is 2.36. The lowest BCUT2D eigenvalue weighted by atomic mass is 9.77. The molecule has 0 unspecified atom stereocenters. The summed E-state index contributed by atoms with van der Waals surface area (Å²) < 4.78 is 27.6. The van der Waals surface area contributed by atoms with Crippen molar-refractivity contribution in [3.63, 3.8) is 0 Å². The standard InChI is InChI=1S/C23H34N4O4S/c1-17(2)19-4-6-20(7-5-19)32(30,31)26-14-12-25(13-15-26)16-27-21(28)23(24-22(27)29)10-8-18(3)9-11-23/h4-7,17-18H,8-16H2,1-3H3,(H,24,29). The summed E-state index contributed by atoms with van der Waals surface area (Å²) in [5.74, 6) is 0.794. The first-order valence-corrected chi connectivity index (χ1v) is 13.0. The van der Waals surface area contributed by atoms with Crippen LogP contribution < -0.4 is 5.32 Å². The van der Waals surface area contributed by atoms with Gasteiger partial charge in [-0.25, -0.2) is 18.1 Å². The molecule has 3 aliphatic rings. The van der Waals surface area contributed by atoms with E-state index in [0.717, 1.165) is 18.4 Å². The molecule has 2 saturated heterocycles. The fraction of sp³-hybridized carbons (Fsp3) is 0.652. The van der Waals surface area contributed by atoms with Crippen LogP contribution in [0.4, 0.5) is 4.79 Å². The number of amides is 3. The fourth-order valence-electron chi connectivity index (χ4n) is 4.88. The Labute approximate surface area is 191 Å². The van der Waals surface area contributed by atoms with Gasteiger partial charge in [0.05, 0.1) is 11.6 Å². The van der Waals surface area contributed by atoms with Gasteiger partial charge in [0.1, 0.15) is 5.54 Å². The van der Waals surface area contributed by atoms with E-state index in [1.807, 2.05) is 17.0 Å². The molecule has 176 valence electrons. The molecule has 32 heavy (non-hydrogen) atoms. The molecule has 1 aromatic rings. The molecule has 1 aromatic carbocycles. The van der Waals surface area contributed by atoms with Crippen molar-refractivity contribution in [2.24, 2.45) is 5.92 Å². The average molecular weight is 463 g/mol. The normalized spacial score (nSPS) is 28.0. The Morgan fingerprint density at radius 2 is 1.62 bits per heavy atom. The van der Waals surface area contributed by atoms with Crippen LogP contribution in [-0.4, -0.2) is 72.8 Å². The third-order valence-corrected chi connectivity index (χ3v) is 9.14. The van der Waals surface area contributed by atoms with Crippen molar-refractivity contribution in [2.75, 3.05) is 32.8 Å². The molecule has 2 heterocycles. The maximum Gasteiger partial charge on any atom is 0.326 e. The number of imide groups is 1. The van der Waals surface area contributed by atoms with Crippen molar-refractivity contribution in [3.05, 3.63) is 29.8 Å². The number of nitrogens with one attached hydrogen (secondary N) is 1. The number of nitrogens with zero attached hydrogens (tertiary/aromatic N) is 3. The highest BCUT2D eigenvalue weighted by atomic mass is 32.2. The fourth-order valence-corrected chi connectivity index (χ4v) is 6.31. The Balaban J connectivity index is 1.36. The Hall–Kier alpha value is -1.97. The highest BCUT2D eigenvalue weighted by molar-refractivity contribution is 7.89. The summed E-state index contributed by atoms with van der Waals surface area (Å²) in [7, 11) is -3.56. The Bertz CT molecular complexity index is 960. The average Bonchev–Trinajstić information content (AvgIpc) is 3.00. The first kappa shape index (κ1) is 23.2. The largest absolute Gasteiger partial charge is 0.326 e. The number of benzene rings is 1. The van der Waals surface area contributed by atoms with Gasteiger partial charge in [-0.15, -0.1) is 0 Å². The lowest BCUT2D eigenvalue weighted by Gasteiger charge is -2.36. The van der Waals surface area contributed by atoms with Gasteiger partial charge in [0, 0.05) is 26.2 Å². The van der Waals surface area contributed by atoms with Crippen LogP contribution in [-0.2, 0) is 14.8 Å². The number of piperazine rings is 1. The maximum absolute atomic E-state index is 13.1. The summed E-state index contributed by atoms with van der Waals surface area (Å²) in [5, 5.41) is 2.95. The van der Waals surface area contributed by atoms with Gasteiger partial charge in [0.25, 0.3) is 5.91 Å². The number of rotatable bonds is 5. The van der Waals surface area contributed by atoms with Crippen molar-refractivity contribution >= 4 is 22.0 Å². The zero-order chi connectivity index (χ0) is 23.1. The molecule has 0 radical (unpaired) electrons. The molecule has 0 bridgehead atoms. The van der Waals surface area contributed by atoms with Crippen LogP contribution in [0.5, 0.6) is 0 Å². The van der Waals surface area contributed by atoms with Gasteiger partial charge in [0.2, 0.25) is 10.0 Å². The van der Waals surface area contributed by atoms with Crippen molar-refractivity contribution in [1.29, 1.82) is 0 Å². The van der Waals surface area contributed by atoms with Gasteiger partial charge < -0.3 is 5.32 Å². The van der Waals surface area contributed by atoms with Crippen LogP contribution in [0.3, 0.4) is 0 Å². The summed E-state index contributed by atoms with van der Waals surface area (Å²) in [6.45, 7) is 8.16. The molecule has 1 aliphatic carbocycles. The smallest absolute Gasteiger partial charge is 0.323 e. The first-order chi connectivity index (χ1) is 15.1. The van der Waals surface area contributed by atoms with Crippen molar-refractivity contribution < 1.29 is 18.0 Å². The summed E-state index contributed by atoms with van der Waals surface area (Å²) in [6.07, 6.45) is 3.26. The molecule has 4 rings (SSSR count). The predicted molar refractivity (Wildman–Crippen MR) is 121 cm³/mol. The molecule has 1 saturated carbocycles. The van der Waals surface area contributed by atoms with Crippen LogP contribution in [0.15, 0.2) is 29.2 Å². The van der Waals surface area contributed by atoms with Gasteiger partial charge in [0.15, 0.2) is 0 Å². The number of hydrogen-bond acceptors (Lipinski definition) is 5.